The van der Waals surface area contributed by atoms with Crippen molar-refractivity contribution in [1.29, 1.82) is 0 Å². The Bertz CT molecular complexity index is 256. The van der Waals surface area contributed by atoms with Crippen LogP contribution in [0.25, 0.3) is 0 Å². The summed E-state index contributed by atoms with van der Waals surface area (Å²) in [5.41, 5.74) is 0. The first-order chi connectivity index (χ1) is 6.24. The van der Waals surface area contributed by atoms with E-state index in [-0.39, 0.29) is 0 Å². The minimum Gasteiger partial charge on any atom is -0.467 e. The van der Waals surface area contributed by atoms with Gasteiger partial charge in [-0.1, -0.05) is 6.07 Å². The zero-order chi connectivity index (χ0) is 9.68. The molecule has 0 aromatic carbocycles. The molecule has 1 N–H and O–H groups in total. The van der Waals surface area contributed by atoms with Crippen molar-refractivity contribution in [1.82, 2.24) is 0 Å². The Balaban J connectivity index is 2.30. The highest BCUT2D eigenvalue weighted by Crippen LogP contribution is 2.12. The fraction of sp³-hybridized carbons (Fsp3) is 0.444. The van der Waals surface area contributed by atoms with Crippen molar-refractivity contribution in [3.8, 4) is 0 Å². The van der Waals surface area contributed by atoms with Crippen LogP contribution in [0.5, 0.6) is 0 Å². The van der Waals surface area contributed by atoms with Crippen LogP contribution in [0.2, 0.25) is 0 Å². The first kappa shape index (κ1) is 10.2. The molecule has 0 aliphatic rings. The van der Waals surface area contributed by atoms with Crippen LogP contribution in [-0.4, -0.2) is 24.3 Å². The van der Waals surface area contributed by atoms with Crippen molar-refractivity contribution in [2.45, 2.75) is 18.9 Å². The van der Waals surface area contributed by atoms with E-state index in [1.54, 1.807) is 11.3 Å². The third-order valence-electron chi connectivity index (χ3n) is 1.72. The van der Waals surface area contributed by atoms with Gasteiger partial charge in [-0.25, -0.2) is 4.79 Å². The fourth-order valence-corrected chi connectivity index (χ4v) is 1.71. The number of ether oxygens (including phenoxy) is 1. The van der Waals surface area contributed by atoms with E-state index in [9.17, 15) is 9.90 Å². The summed E-state index contributed by atoms with van der Waals surface area (Å²) in [5.74, 6) is -0.559. The molecule has 3 nitrogen and oxygen atoms in total. The maximum absolute atomic E-state index is 10.8. The quantitative estimate of drug-likeness (QED) is 0.743. The molecule has 4 heteroatoms. The monoisotopic (exact) mass is 200 g/mol. The number of thiophene rings is 1. The molecule has 1 heterocycles. The van der Waals surface area contributed by atoms with Crippen LogP contribution in [0.4, 0.5) is 0 Å². The van der Waals surface area contributed by atoms with E-state index in [1.165, 1.54) is 12.0 Å². The van der Waals surface area contributed by atoms with E-state index in [2.05, 4.69) is 4.74 Å². The Labute approximate surface area is 81.0 Å². The number of carbonyl (C=O) groups excluding carboxylic acids is 1. The summed E-state index contributed by atoms with van der Waals surface area (Å²) in [6.07, 6.45) is 0.147. The second-order valence-corrected chi connectivity index (χ2v) is 3.69. The molecule has 0 saturated heterocycles. The predicted molar refractivity (Wildman–Crippen MR) is 50.7 cm³/mol. The van der Waals surface area contributed by atoms with Crippen LogP contribution in [0.3, 0.4) is 0 Å². The van der Waals surface area contributed by atoms with Crippen molar-refractivity contribution in [2.24, 2.45) is 0 Å². The number of carbonyl (C=O) groups is 1. The third kappa shape index (κ3) is 3.16. The van der Waals surface area contributed by atoms with Gasteiger partial charge in [0.2, 0.25) is 0 Å². The molecule has 1 aromatic heterocycles. The molecule has 0 spiro atoms. The van der Waals surface area contributed by atoms with Crippen LogP contribution < -0.4 is 0 Å². The lowest BCUT2D eigenvalue weighted by Crippen LogP contribution is -2.22. The van der Waals surface area contributed by atoms with Gasteiger partial charge in [0.15, 0.2) is 6.10 Å². The summed E-state index contributed by atoms with van der Waals surface area (Å²) in [6, 6.07) is 3.93. The van der Waals surface area contributed by atoms with Gasteiger partial charge in [0, 0.05) is 4.88 Å². The molecule has 0 saturated carbocycles. The van der Waals surface area contributed by atoms with Gasteiger partial charge in [-0.3, -0.25) is 0 Å². The van der Waals surface area contributed by atoms with E-state index >= 15 is 0 Å². The number of hydrogen-bond acceptors (Lipinski definition) is 4. The van der Waals surface area contributed by atoms with Crippen molar-refractivity contribution < 1.29 is 14.6 Å². The van der Waals surface area contributed by atoms with Gasteiger partial charge >= 0.3 is 5.97 Å². The largest absolute Gasteiger partial charge is 0.467 e. The summed E-state index contributed by atoms with van der Waals surface area (Å²) in [7, 11) is 1.27. The minimum atomic E-state index is -0.993. The Morgan fingerprint density at radius 2 is 2.54 bits per heavy atom. The summed E-state index contributed by atoms with van der Waals surface area (Å²) in [6.45, 7) is 0. The molecular weight excluding hydrogens is 188 g/mol. The Kier molecular flexibility index (Phi) is 3.92. The average molecular weight is 200 g/mol. The van der Waals surface area contributed by atoms with Crippen LogP contribution in [0.1, 0.15) is 11.3 Å². The highest BCUT2D eigenvalue weighted by atomic mass is 32.1. The Hall–Kier alpha value is -0.870. The second-order valence-electron chi connectivity index (χ2n) is 2.66. The van der Waals surface area contributed by atoms with Gasteiger partial charge in [-0.15, -0.1) is 11.3 Å². The SMILES string of the molecule is COC(=O)C(O)CCc1cccs1. The van der Waals surface area contributed by atoms with Crippen LogP contribution >= 0.6 is 11.3 Å². The Morgan fingerprint density at radius 1 is 1.77 bits per heavy atom. The molecule has 0 radical (unpaired) electrons. The molecule has 0 bridgehead atoms. The molecule has 1 rings (SSSR count). The second kappa shape index (κ2) is 4.99. The zero-order valence-electron chi connectivity index (χ0n) is 7.40. The van der Waals surface area contributed by atoms with Crippen molar-refractivity contribution in [3.63, 3.8) is 0 Å². The number of aliphatic hydroxyl groups excluding tert-OH is 1. The van der Waals surface area contributed by atoms with Gasteiger partial charge in [0.05, 0.1) is 7.11 Å². The molecule has 1 unspecified atom stereocenters. The van der Waals surface area contributed by atoms with Gasteiger partial charge < -0.3 is 9.84 Å². The topological polar surface area (TPSA) is 46.5 Å². The average Bonchev–Trinajstić information content (AvgIpc) is 2.65. The summed E-state index contributed by atoms with van der Waals surface area (Å²) < 4.78 is 4.40. The predicted octanol–water partition coefficient (Wildman–Crippen LogP) is 1.21. The van der Waals surface area contributed by atoms with Gasteiger partial charge in [0.25, 0.3) is 0 Å². The summed E-state index contributed by atoms with van der Waals surface area (Å²) in [4.78, 5) is 12.0. The molecule has 1 aromatic rings. The number of rotatable bonds is 4. The number of methoxy groups -OCH3 is 1. The van der Waals surface area contributed by atoms with Crippen molar-refractivity contribution in [3.05, 3.63) is 22.4 Å². The van der Waals surface area contributed by atoms with Crippen LogP contribution in [0.15, 0.2) is 17.5 Å². The number of esters is 1. The molecule has 13 heavy (non-hydrogen) atoms. The van der Waals surface area contributed by atoms with Crippen molar-refractivity contribution >= 4 is 17.3 Å². The Morgan fingerprint density at radius 3 is 3.08 bits per heavy atom. The van der Waals surface area contributed by atoms with Crippen LogP contribution in [-0.2, 0) is 16.0 Å². The maximum atomic E-state index is 10.8. The molecule has 0 aliphatic heterocycles. The molecule has 0 fully saturated rings. The first-order valence-corrected chi connectivity index (χ1v) is 4.90. The van der Waals surface area contributed by atoms with E-state index in [0.29, 0.717) is 12.8 Å². The minimum absolute atomic E-state index is 0.424. The maximum Gasteiger partial charge on any atom is 0.334 e. The molecular formula is C9H12O3S. The lowest BCUT2D eigenvalue weighted by atomic mass is 10.2. The smallest absolute Gasteiger partial charge is 0.334 e. The van der Waals surface area contributed by atoms with Crippen LogP contribution in [0, 0.1) is 0 Å². The lowest BCUT2D eigenvalue weighted by molar-refractivity contribution is -0.150. The zero-order valence-corrected chi connectivity index (χ0v) is 8.21. The number of aliphatic hydroxyl groups is 1. The van der Waals surface area contributed by atoms with E-state index < -0.39 is 12.1 Å². The molecule has 72 valence electrons. The van der Waals surface area contributed by atoms with E-state index in [0.717, 1.165) is 0 Å². The molecule has 0 aliphatic carbocycles. The molecule has 1 atom stereocenters. The van der Waals surface area contributed by atoms with Gasteiger partial charge in [-0.05, 0) is 24.3 Å². The highest BCUT2D eigenvalue weighted by Gasteiger charge is 2.14. The van der Waals surface area contributed by atoms with Gasteiger partial charge in [-0.2, -0.15) is 0 Å². The fourth-order valence-electron chi connectivity index (χ4n) is 0.988. The lowest BCUT2D eigenvalue weighted by Gasteiger charge is -2.06. The third-order valence-corrected chi connectivity index (χ3v) is 2.65. The highest BCUT2D eigenvalue weighted by molar-refractivity contribution is 7.09. The van der Waals surface area contributed by atoms with E-state index in [1.807, 2.05) is 17.5 Å². The van der Waals surface area contributed by atoms with E-state index in [4.69, 9.17) is 0 Å². The standard InChI is InChI=1S/C9H12O3S/c1-12-9(11)8(10)5-4-7-3-2-6-13-7/h2-3,6,8,10H,4-5H2,1H3. The first-order valence-electron chi connectivity index (χ1n) is 4.02. The van der Waals surface area contributed by atoms with Gasteiger partial charge in [0.1, 0.15) is 0 Å². The summed E-state index contributed by atoms with van der Waals surface area (Å²) in [5, 5.41) is 11.2. The number of aryl methyl sites for hydroxylation is 1. The number of hydrogen-bond donors (Lipinski definition) is 1. The molecule has 0 amide bonds. The normalized spacial score (nSPS) is 12.5. The summed E-state index contributed by atoms with van der Waals surface area (Å²) >= 11 is 1.62. The van der Waals surface area contributed by atoms with Crippen molar-refractivity contribution in [2.75, 3.05) is 7.11 Å².